The predicted octanol–water partition coefficient (Wildman–Crippen LogP) is 3.34. The number of carbonyl (C=O) groups excluding carboxylic acids is 1. The first-order valence-electron chi connectivity index (χ1n) is 9.06. The van der Waals surface area contributed by atoms with Crippen molar-refractivity contribution in [1.82, 2.24) is 5.32 Å². The molecule has 1 amide bonds. The molecule has 1 saturated carbocycles. The zero-order chi connectivity index (χ0) is 19.2. The molecule has 0 atom stereocenters. The maximum Gasteiger partial charge on any atom is 0.306 e. The highest BCUT2D eigenvalue weighted by atomic mass is 16.5. The quantitative estimate of drug-likeness (QED) is 0.726. The zero-order valence-corrected chi connectivity index (χ0v) is 14.9. The summed E-state index contributed by atoms with van der Waals surface area (Å²) in [6.45, 7) is 0.367. The lowest BCUT2D eigenvalue weighted by Gasteiger charge is -2.27. The average molecular weight is 369 g/mol. The topological polar surface area (TPSA) is 95.9 Å². The molecule has 3 N–H and O–H groups in total. The number of carbonyl (C=O) groups is 2. The van der Waals surface area contributed by atoms with Crippen LogP contribution in [0.5, 0.6) is 11.5 Å². The lowest BCUT2D eigenvalue weighted by Crippen LogP contribution is -2.38. The third kappa shape index (κ3) is 5.00. The Balaban J connectivity index is 1.60. The van der Waals surface area contributed by atoms with Crippen molar-refractivity contribution in [3.63, 3.8) is 0 Å². The van der Waals surface area contributed by atoms with Crippen molar-refractivity contribution in [3.05, 3.63) is 59.7 Å². The van der Waals surface area contributed by atoms with E-state index in [0.29, 0.717) is 38.0 Å². The number of amides is 1. The Labute approximate surface area is 157 Å². The Bertz CT molecular complexity index is 797. The summed E-state index contributed by atoms with van der Waals surface area (Å²) in [5.41, 5.74) is 1.16. The van der Waals surface area contributed by atoms with Gasteiger partial charge in [0, 0.05) is 6.04 Å². The molecule has 0 aliphatic heterocycles. The van der Waals surface area contributed by atoms with E-state index in [1.165, 1.54) is 12.1 Å². The zero-order valence-electron chi connectivity index (χ0n) is 14.9. The van der Waals surface area contributed by atoms with Crippen LogP contribution in [0, 0.1) is 5.92 Å². The van der Waals surface area contributed by atoms with E-state index >= 15 is 0 Å². The molecule has 0 saturated heterocycles. The van der Waals surface area contributed by atoms with E-state index in [2.05, 4.69) is 5.32 Å². The number of hydrogen-bond acceptors (Lipinski definition) is 4. The van der Waals surface area contributed by atoms with Crippen LogP contribution in [0.2, 0.25) is 0 Å². The number of carboxylic acid groups (broad SMARTS) is 1. The van der Waals surface area contributed by atoms with Crippen LogP contribution < -0.4 is 10.1 Å². The van der Waals surface area contributed by atoms with Gasteiger partial charge in [-0.3, -0.25) is 9.59 Å². The number of nitrogens with one attached hydrogen (secondary N) is 1. The standard InChI is InChI=1S/C21H23NO5/c23-19-11-10-17(27-13-14-4-2-1-3-5-14)12-18(19)20(24)22-16-8-6-15(7-9-16)21(25)26/h1-5,10-12,15-16,23H,6-9,13H2,(H,22,24)(H,25,26). The lowest BCUT2D eigenvalue weighted by molar-refractivity contribution is -0.142. The van der Waals surface area contributed by atoms with E-state index < -0.39 is 5.97 Å². The summed E-state index contributed by atoms with van der Waals surface area (Å²) < 4.78 is 5.71. The van der Waals surface area contributed by atoms with E-state index in [4.69, 9.17) is 9.84 Å². The third-order valence-electron chi connectivity index (χ3n) is 4.87. The highest BCUT2D eigenvalue weighted by Gasteiger charge is 2.27. The molecule has 0 bridgehead atoms. The molecule has 6 nitrogen and oxygen atoms in total. The molecule has 0 spiro atoms. The number of ether oxygens (including phenoxy) is 1. The summed E-state index contributed by atoms with van der Waals surface area (Å²) >= 11 is 0. The number of carboxylic acids is 1. The summed E-state index contributed by atoms with van der Waals surface area (Å²) in [6, 6.07) is 14.2. The van der Waals surface area contributed by atoms with Crippen LogP contribution >= 0.6 is 0 Å². The molecule has 27 heavy (non-hydrogen) atoms. The van der Waals surface area contributed by atoms with Gasteiger partial charge < -0.3 is 20.3 Å². The highest BCUT2D eigenvalue weighted by molar-refractivity contribution is 5.97. The van der Waals surface area contributed by atoms with E-state index in [1.807, 2.05) is 30.3 Å². The molecule has 6 heteroatoms. The van der Waals surface area contributed by atoms with Crippen molar-refractivity contribution in [2.45, 2.75) is 38.3 Å². The second kappa shape index (κ2) is 8.58. The van der Waals surface area contributed by atoms with E-state index in [-0.39, 0.29) is 29.2 Å². The van der Waals surface area contributed by atoms with E-state index in [1.54, 1.807) is 6.07 Å². The molecule has 0 radical (unpaired) electrons. The largest absolute Gasteiger partial charge is 0.507 e. The monoisotopic (exact) mass is 369 g/mol. The van der Waals surface area contributed by atoms with Crippen LogP contribution in [0.25, 0.3) is 0 Å². The van der Waals surface area contributed by atoms with Crippen molar-refractivity contribution in [2.24, 2.45) is 5.92 Å². The summed E-state index contributed by atoms with van der Waals surface area (Å²) in [6.07, 6.45) is 2.33. The van der Waals surface area contributed by atoms with E-state index in [0.717, 1.165) is 5.56 Å². The van der Waals surface area contributed by atoms with Gasteiger partial charge in [0.05, 0.1) is 11.5 Å². The number of benzene rings is 2. The molecule has 1 aliphatic rings. The summed E-state index contributed by atoms with van der Waals surface area (Å²) in [5, 5.41) is 22.0. The molecule has 1 fully saturated rings. The van der Waals surface area contributed by atoms with Gasteiger partial charge in [0.1, 0.15) is 18.1 Å². The van der Waals surface area contributed by atoms with Gasteiger partial charge in [0.25, 0.3) is 5.91 Å². The van der Waals surface area contributed by atoms with Crippen LogP contribution in [0.3, 0.4) is 0 Å². The van der Waals surface area contributed by atoms with Gasteiger partial charge >= 0.3 is 5.97 Å². The molecule has 2 aromatic carbocycles. The fourth-order valence-corrected chi connectivity index (χ4v) is 3.28. The average Bonchev–Trinajstić information content (AvgIpc) is 2.68. The van der Waals surface area contributed by atoms with Crippen molar-refractivity contribution >= 4 is 11.9 Å². The van der Waals surface area contributed by atoms with Gasteiger partial charge in [-0.05, 0) is 49.4 Å². The van der Waals surface area contributed by atoms with Crippen molar-refractivity contribution in [1.29, 1.82) is 0 Å². The Morgan fingerprint density at radius 1 is 1.04 bits per heavy atom. The first kappa shape index (κ1) is 18.8. The molecule has 0 unspecified atom stereocenters. The number of aromatic hydroxyl groups is 1. The first-order chi connectivity index (χ1) is 13.0. The molecule has 0 heterocycles. The lowest BCUT2D eigenvalue weighted by atomic mass is 9.86. The Kier molecular flexibility index (Phi) is 5.96. The number of aliphatic carboxylic acids is 1. The number of phenolic OH excluding ortho intramolecular Hbond substituents is 1. The van der Waals surface area contributed by atoms with Crippen molar-refractivity contribution in [2.75, 3.05) is 0 Å². The molecule has 1 aliphatic carbocycles. The smallest absolute Gasteiger partial charge is 0.306 e. The fraction of sp³-hybridized carbons (Fsp3) is 0.333. The minimum Gasteiger partial charge on any atom is -0.507 e. The molecule has 2 aromatic rings. The maximum absolute atomic E-state index is 12.5. The van der Waals surface area contributed by atoms with Crippen LogP contribution in [-0.2, 0) is 11.4 Å². The van der Waals surface area contributed by atoms with E-state index in [9.17, 15) is 14.7 Å². The normalized spacial score (nSPS) is 19.3. The molecule has 0 aromatic heterocycles. The van der Waals surface area contributed by atoms with Gasteiger partial charge in [-0.2, -0.15) is 0 Å². The number of hydrogen-bond donors (Lipinski definition) is 3. The van der Waals surface area contributed by atoms with Crippen LogP contribution in [-0.4, -0.2) is 28.1 Å². The fourth-order valence-electron chi connectivity index (χ4n) is 3.28. The summed E-state index contributed by atoms with van der Waals surface area (Å²) in [5.74, 6) is -1.10. The van der Waals surface area contributed by atoms with Crippen LogP contribution in [0.15, 0.2) is 48.5 Å². The first-order valence-corrected chi connectivity index (χ1v) is 9.06. The second-order valence-electron chi connectivity index (χ2n) is 6.81. The molecule has 142 valence electrons. The molecular formula is C21H23NO5. The SMILES string of the molecule is O=C(NC1CCC(C(=O)O)CC1)c1cc(OCc2ccccc2)ccc1O. The molecular weight excluding hydrogens is 346 g/mol. The summed E-state index contributed by atoms with van der Waals surface area (Å²) in [7, 11) is 0. The highest BCUT2D eigenvalue weighted by Crippen LogP contribution is 2.27. The number of phenols is 1. The minimum absolute atomic E-state index is 0.0820. The minimum atomic E-state index is -0.777. The van der Waals surface area contributed by atoms with Gasteiger partial charge in [-0.1, -0.05) is 30.3 Å². The third-order valence-corrected chi connectivity index (χ3v) is 4.87. The van der Waals surface area contributed by atoms with Gasteiger partial charge in [0.2, 0.25) is 0 Å². The van der Waals surface area contributed by atoms with Gasteiger partial charge in [-0.25, -0.2) is 0 Å². The Hall–Kier alpha value is -3.02. The Morgan fingerprint density at radius 3 is 2.41 bits per heavy atom. The summed E-state index contributed by atoms with van der Waals surface area (Å²) in [4.78, 5) is 23.5. The van der Waals surface area contributed by atoms with Gasteiger partial charge in [-0.15, -0.1) is 0 Å². The predicted molar refractivity (Wildman–Crippen MR) is 99.7 cm³/mol. The number of rotatable bonds is 6. The molecule has 3 rings (SSSR count). The van der Waals surface area contributed by atoms with Crippen LogP contribution in [0.4, 0.5) is 0 Å². The maximum atomic E-state index is 12.5. The van der Waals surface area contributed by atoms with Crippen LogP contribution in [0.1, 0.15) is 41.6 Å². The Morgan fingerprint density at radius 2 is 1.74 bits per heavy atom. The second-order valence-corrected chi connectivity index (χ2v) is 6.81. The van der Waals surface area contributed by atoms with Gasteiger partial charge in [0.15, 0.2) is 0 Å². The van der Waals surface area contributed by atoms with Crippen molar-refractivity contribution in [3.8, 4) is 11.5 Å². The van der Waals surface area contributed by atoms with Crippen molar-refractivity contribution < 1.29 is 24.5 Å².